The summed E-state index contributed by atoms with van der Waals surface area (Å²) in [5, 5.41) is 17.6. The Morgan fingerprint density at radius 3 is 2.60 bits per heavy atom. The van der Waals surface area contributed by atoms with Crippen LogP contribution in [0, 0.1) is 11.3 Å². The predicted molar refractivity (Wildman–Crippen MR) is 73.7 cm³/mol. The molecule has 0 saturated carbocycles. The van der Waals surface area contributed by atoms with Crippen LogP contribution in [-0.2, 0) is 9.59 Å². The highest BCUT2D eigenvalue weighted by atomic mass is 32.2. The van der Waals surface area contributed by atoms with Crippen LogP contribution in [0.15, 0.2) is 24.3 Å². The topological polar surface area (TPSA) is 107 Å². The average Bonchev–Trinajstić information content (AvgIpc) is 2.91. The lowest BCUT2D eigenvalue weighted by atomic mass is 10.1. The number of aliphatic carboxylic acids is 1. The van der Waals surface area contributed by atoms with Gasteiger partial charge in [-0.1, -0.05) is 12.1 Å². The monoisotopic (exact) mass is 291 g/mol. The molecule has 2 rings (SSSR count). The van der Waals surface area contributed by atoms with E-state index in [-0.39, 0.29) is 11.9 Å². The predicted octanol–water partition coefficient (Wildman–Crippen LogP) is 0.544. The number of carboxylic acid groups (broad SMARTS) is 1. The van der Waals surface area contributed by atoms with Crippen molar-refractivity contribution >= 4 is 23.6 Å². The van der Waals surface area contributed by atoms with Crippen LogP contribution < -0.4 is 5.73 Å². The fraction of sp³-hybridized carbons (Fsp3) is 0.308. The SMILES string of the molecule is N#Cc1ccc(C2SC[C@@H](C(=O)O)N2C(=O)CN)cc1. The first kappa shape index (κ1) is 14.4. The molecule has 1 heterocycles. The Kier molecular flexibility index (Phi) is 4.27. The van der Waals surface area contributed by atoms with E-state index in [1.807, 2.05) is 6.07 Å². The highest BCUT2D eigenvalue weighted by molar-refractivity contribution is 7.99. The summed E-state index contributed by atoms with van der Waals surface area (Å²) in [6, 6.07) is 7.91. The number of carbonyl (C=O) groups excluding carboxylic acids is 1. The summed E-state index contributed by atoms with van der Waals surface area (Å²) in [5.74, 6) is -1.10. The van der Waals surface area contributed by atoms with Crippen molar-refractivity contribution in [1.29, 1.82) is 5.26 Å². The molecule has 104 valence electrons. The first-order valence-electron chi connectivity index (χ1n) is 5.94. The summed E-state index contributed by atoms with van der Waals surface area (Å²) < 4.78 is 0. The third kappa shape index (κ3) is 2.61. The summed E-state index contributed by atoms with van der Waals surface area (Å²) in [6.45, 7) is -0.225. The molecule has 1 aliphatic heterocycles. The van der Waals surface area contributed by atoms with Gasteiger partial charge >= 0.3 is 5.97 Å². The van der Waals surface area contributed by atoms with Crippen LogP contribution in [0.5, 0.6) is 0 Å². The molecule has 0 aliphatic carbocycles. The molecule has 1 amide bonds. The van der Waals surface area contributed by atoms with Crippen LogP contribution >= 0.6 is 11.8 Å². The van der Waals surface area contributed by atoms with Gasteiger partial charge in [-0.2, -0.15) is 5.26 Å². The average molecular weight is 291 g/mol. The summed E-state index contributed by atoms with van der Waals surface area (Å²) in [7, 11) is 0. The molecule has 3 N–H and O–H groups in total. The zero-order chi connectivity index (χ0) is 14.7. The van der Waals surface area contributed by atoms with E-state index >= 15 is 0 Å². The van der Waals surface area contributed by atoms with Gasteiger partial charge in [0.05, 0.1) is 18.2 Å². The Labute approximate surface area is 120 Å². The third-order valence-corrected chi connectivity index (χ3v) is 4.40. The summed E-state index contributed by atoms with van der Waals surface area (Å²) >= 11 is 1.38. The van der Waals surface area contributed by atoms with Crippen molar-refractivity contribution in [2.24, 2.45) is 5.73 Å². The van der Waals surface area contributed by atoms with Gasteiger partial charge in [0.1, 0.15) is 11.4 Å². The molecular weight excluding hydrogens is 278 g/mol. The Bertz CT molecular complexity index is 567. The van der Waals surface area contributed by atoms with Crippen LogP contribution in [0.1, 0.15) is 16.5 Å². The Balaban J connectivity index is 2.31. The quantitative estimate of drug-likeness (QED) is 0.841. The summed E-state index contributed by atoms with van der Waals surface area (Å²) in [5.41, 5.74) is 6.67. The zero-order valence-electron chi connectivity index (χ0n) is 10.5. The molecule has 1 aromatic carbocycles. The normalized spacial score (nSPS) is 21.5. The molecule has 1 unspecified atom stereocenters. The lowest BCUT2D eigenvalue weighted by Crippen LogP contribution is -2.45. The number of benzene rings is 1. The zero-order valence-corrected chi connectivity index (χ0v) is 11.3. The standard InChI is InChI=1S/C13H13N3O3S/c14-5-8-1-3-9(4-2-8)12-16(11(17)6-15)10(7-20-12)13(18)19/h1-4,10,12H,6-7,15H2,(H,18,19)/t10-,12?/m0/s1. The van der Waals surface area contributed by atoms with Crippen molar-refractivity contribution in [1.82, 2.24) is 4.90 Å². The van der Waals surface area contributed by atoms with E-state index < -0.39 is 17.9 Å². The van der Waals surface area contributed by atoms with Gasteiger partial charge in [0.2, 0.25) is 5.91 Å². The number of carbonyl (C=O) groups is 2. The van der Waals surface area contributed by atoms with E-state index in [2.05, 4.69) is 0 Å². The van der Waals surface area contributed by atoms with Crippen molar-refractivity contribution in [2.45, 2.75) is 11.4 Å². The van der Waals surface area contributed by atoms with Gasteiger partial charge in [0, 0.05) is 5.75 Å². The molecule has 6 nitrogen and oxygen atoms in total. The number of hydrogen-bond acceptors (Lipinski definition) is 5. The van der Waals surface area contributed by atoms with Crippen LogP contribution in [-0.4, -0.2) is 40.2 Å². The van der Waals surface area contributed by atoms with Crippen molar-refractivity contribution < 1.29 is 14.7 Å². The van der Waals surface area contributed by atoms with E-state index in [1.165, 1.54) is 16.7 Å². The van der Waals surface area contributed by atoms with Crippen molar-refractivity contribution in [3.05, 3.63) is 35.4 Å². The van der Waals surface area contributed by atoms with E-state index in [4.69, 9.17) is 11.0 Å². The molecule has 0 bridgehead atoms. The maximum absolute atomic E-state index is 11.9. The number of carboxylic acids is 1. The first-order chi connectivity index (χ1) is 9.58. The van der Waals surface area contributed by atoms with E-state index in [0.717, 1.165) is 5.56 Å². The second-order valence-corrected chi connectivity index (χ2v) is 5.39. The van der Waals surface area contributed by atoms with E-state index in [1.54, 1.807) is 24.3 Å². The smallest absolute Gasteiger partial charge is 0.327 e. The maximum atomic E-state index is 11.9. The van der Waals surface area contributed by atoms with Gasteiger partial charge in [-0.3, -0.25) is 4.79 Å². The van der Waals surface area contributed by atoms with Crippen LogP contribution in [0.25, 0.3) is 0 Å². The van der Waals surface area contributed by atoms with Crippen LogP contribution in [0.4, 0.5) is 0 Å². The molecule has 0 aromatic heterocycles. The Morgan fingerprint density at radius 2 is 2.10 bits per heavy atom. The van der Waals surface area contributed by atoms with Gasteiger partial charge < -0.3 is 15.7 Å². The molecule has 1 fully saturated rings. The minimum atomic E-state index is -1.03. The van der Waals surface area contributed by atoms with Crippen molar-refractivity contribution in [2.75, 3.05) is 12.3 Å². The van der Waals surface area contributed by atoms with Gasteiger partial charge in [-0.05, 0) is 17.7 Å². The largest absolute Gasteiger partial charge is 0.480 e. The van der Waals surface area contributed by atoms with Gasteiger partial charge in [-0.15, -0.1) is 11.8 Å². The maximum Gasteiger partial charge on any atom is 0.327 e. The van der Waals surface area contributed by atoms with Crippen molar-refractivity contribution in [3.8, 4) is 6.07 Å². The van der Waals surface area contributed by atoms with Crippen molar-refractivity contribution in [3.63, 3.8) is 0 Å². The molecule has 2 atom stereocenters. The van der Waals surface area contributed by atoms with Gasteiger partial charge in [0.25, 0.3) is 0 Å². The molecule has 0 spiro atoms. The fourth-order valence-corrected chi connectivity index (χ4v) is 3.53. The molecule has 1 aromatic rings. The number of amides is 1. The van der Waals surface area contributed by atoms with Gasteiger partial charge in [0.15, 0.2) is 0 Å². The third-order valence-electron chi connectivity index (χ3n) is 3.07. The Hall–Kier alpha value is -2.04. The van der Waals surface area contributed by atoms with E-state index in [9.17, 15) is 14.7 Å². The van der Waals surface area contributed by atoms with Crippen LogP contribution in [0.2, 0.25) is 0 Å². The molecule has 1 saturated heterocycles. The number of nitrogens with two attached hydrogens (primary N) is 1. The van der Waals surface area contributed by atoms with E-state index in [0.29, 0.717) is 11.3 Å². The lowest BCUT2D eigenvalue weighted by molar-refractivity contribution is -0.148. The summed E-state index contributed by atoms with van der Waals surface area (Å²) in [4.78, 5) is 24.4. The number of hydrogen-bond donors (Lipinski definition) is 2. The van der Waals surface area contributed by atoms with Crippen LogP contribution in [0.3, 0.4) is 0 Å². The molecule has 7 heteroatoms. The first-order valence-corrected chi connectivity index (χ1v) is 6.99. The second-order valence-electron chi connectivity index (χ2n) is 4.28. The highest BCUT2D eigenvalue weighted by Gasteiger charge is 2.41. The number of rotatable bonds is 3. The number of nitrogens with zero attached hydrogens (tertiary/aromatic N) is 2. The van der Waals surface area contributed by atoms with Gasteiger partial charge in [-0.25, -0.2) is 4.79 Å². The highest BCUT2D eigenvalue weighted by Crippen LogP contribution is 2.41. The lowest BCUT2D eigenvalue weighted by Gasteiger charge is -2.27. The molecule has 20 heavy (non-hydrogen) atoms. The number of nitriles is 1. The molecular formula is C13H13N3O3S. The molecule has 1 aliphatic rings. The Morgan fingerprint density at radius 1 is 1.45 bits per heavy atom. The number of thioether (sulfide) groups is 1. The second kappa shape index (κ2) is 5.94. The molecule has 0 radical (unpaired) electrons. The fourth-order valence-electron chi connectivity index (χ4n) is 2.09. The summed E-state index contributed by atoms with van der Waals surface area (Å²) in [6.07, 6.45) is 0. The minimum absolute atomic E-state index is 0.225. The minimum Gasteiger partial charge on any atom is -0.480 e.